The molecule has 2 aromatic rings. The molecule has 39 heavy (non-hydrogen) atoms. The third-order valence-corrected chi connectivity index (χ3v) is 6.93. The summed E-state index contributed by atoms with van der Waals surface area (Å²) in [5, 5.41) is 9.51. The normalized spacial score (nSPS) is 12.6. The quantitative estimate of drug-likeness (QED) is 0.214. The van der Waals surface area contributed by atoms with E-state index in [0.29, 0.717) is 23.6 Å². The number of aryl methyl sites for hydroxylation is 1. The molecular formula is C32H43N5O2. The number of benzene rings is 2. The Hall–Kier alpha value is -4.00. The van der Waals surface area contributed by atoms with Crippen molar-refractivity contribution in [2.24, 2.45) is 0 Å². The summed E-state index contributed by atoms with van der Waals surface area (Å²) < 4.78 is 0. The summed E-state index contributed by atoms with van der Waals surface area (Å²) in [7, 11) is 0. The Bertz CT molecular complexity index is 1240. The van der Waals surface area contributed by atoms with Gasteiger partial charge in [-0.1, -0.05) is 56.0 Å². The van der Waals surface area contributed by atoms with Crippen molar-refractivity contribution in [3.63, 3.8) is 0 Å². The van der Waals surface area contributed by atoms with Crippen LogP contribution >= 0.6 is 0 Å². The molecule has 0 atom stereocenters. The van der Waals surface area contributed by atoms with Crippen LogP contribution in [0, 0.1) is 6.92 Å². The van der Waals surface area contributed by atoms with E-state index in [1.165, 1.54) is 4.90 Å². The van der Waals surface area contributed by atoms with Gasteiger partial charge in [-0.25, -0.2) is 0 Å². The Kier molecular flexibility index (Phi) is 10.4. The van der Waals surface area contributed by atoms with Crippen LogP contribution in [0.5, 0.6) is 0 Å². The number of hydrogen-bond acceptors (Lipinski definition) is 5. The zero-order valence-electron chi connectivity index (χ0n) is 23.8. The van der Waals surface area contributed by atoms with Crippen LogP contribution in [0.1, 0.15) is 68.7 Å². The van der Waals surface area contributed by atoms with Crippen molar-refractivity contribution in [3.05, 3.63) is 89.1 Å². The molecule has 2 amide bonds. The number of hydrogen-bond donors (Lipinski definition) is 4. The van der Waals surface area contributed by atoms with Gasteiger partial charge >= 0.3 is 0 Å². The van der Waals surface area contributed by atoms with Crippen molar-refractivity contribution in [1.82, 2.24) is 20.9 Å². The van der Waals surface area contributed by atoms with E-state index in [9.17, 15) is 9.59 Å². The Labute approximate surface area is 233 Å². The van der Waals surface area contributed by atoms with Crippen molar-refractivity contribution in [2.75, 3.05) is 18.8 Å². The fourth-order valence-corrected chi connectivity index (χ4v) is 4.46. The third-order valence-electron chi connectivity index (χ3n) is 6.93. The summed E-state index contributed by atoms with van der Waals surface area (Å²) in [4.78, 5) is 28.5. The van der Waals surface area contributed by atoms with Crippen molar-refractivity contribution < 1.29 is 9.59 Å². The summed E-state index contributed by atoms with van der Waals surface area (Å²) in [5.74, 6) is -0.587. The topological polar surface area (TPSA) is 99.5 Å². The van der Waals surface area contributed by atoms with E-state index >= 15 is 0 Å². The van der Waals surface area contributed by atoms with Gasteiger partial charge in [0.15, 0.2) is 0 Å². The van der Waals surface area contributed by atoms with Crippen molar-refractivity contribution >= 4 is 28.9 Å². The molecule has 0 saturated heterocycles. The van der Waals surface area contributed by atoms with E-state index in [-0.39, 0.29) is 24.4 Å². The first-order valence-corrected chi connectivity index (χ1v) is 13.7. The second-order valence-corrected chi connectivity index (χ2v) is 10.4. The lowest BCUT2D eigenvalue weighted by Gasteiger charge is -2.32. The summed E-state index contributed by atoms with van der Waals surface area (Å²) in [6.07, 6.45) is 4.18. The number of carbonyl (C=O) groups is 2. The minimum Gasteiger partial charge on any atom is -0.399 e. The molecule has 7 heteroatoms. The summed E-state index contributed by atoms with van der Waals surface area (Å²) in [6, 6.07) is 13.8. The number of nitrogens with zero attached hydrogens (tertiary/aromatic N) is 1. The van der Waals surface area contributed by atoms with Gasteiger partial charge in [-0.2, -0.15) is 0 Å². The molecule has 0 radical (unpaired) electrons. The number of nitrogens with one attached hydrogen (secondary N) is 3. The van der Waals surface area contributed by atoms with Gasteiger partial charge in [0.05, 0.1) is 11.4 Å². The fourth-order valence-electron chi connectivity index (χ4n) is 4.46. The summed E-state index contributed by atoms with van der Waals surface area (Å²) in [6.45, 7) is 17.1. The van der Waals surface area contributed by atoms with E-state index in [1.807, 2.05) is 63.2 Å². The third kappa shape index (κ3) is 7.99. The number of nitrogen functional groups attached to an aromatic ring is 1. The number of carbonyl (C=O) groups excluding carboxylic acids is 2. The lowest BCUT2D eigenvalue weighted by molar-refractivity contribution is -0.130. The molecule has 1 aliphatic rings. The van der Waals surface area contributed by atoms with Crippen LogP contribution < -0.4 is 21.7 Å². The first-order valence-electron chi connectivity index (χ1n) is 13.7. The molecule has 2 aromatic carbocycles. The van der Waals surface area contributed by atoms with Crippen LogP contribution in [-0.2, 0) is 16.1 Å². The Morgan fingerprint density at radius 3 is 2.33 bits per heavy atom. The smallest absolute Gasteiger partial charge is 0.274 e. The van der Waals surface area contributed by atoms with Crippen LogP contribution in [0.4, 0.5) is 5.69 Å². The number of nitrogens with two attached hydrogens (primary N) is 1. The molecule has 3 rings (SSSR count). The molecule has 0 bridgehead atoms. The second-order valence-electron chi connectivity index (χ2n) is 10.4. The van der Waals surface area contributed by atoms with Crippen LogP contribution in [0.25, 0.3) is 11.4 Å². The largest absolute Gasteiger partial charge is 0.399 e. The highest BCUT2D eigenvalue weighted by molar-refractivity contribution is 6.01. The molecule has 5 N–H and O–H groups in total. The Morgan fingerprint density at radius 1 is 1.05 bits per heavy atom. The predicted octanol–water partition coefficient (Wildman–Crippen LogP) is 5.10. The van der Waals surface area contributed by atoms with Crippen molar-refractivity contribution in [2.45, 2.75) is 66.0 Å². The van der Waals surface area contributed by atoms with E-state index in [2.05, 4.69) is 36.0 Å². The lowest BCUT2D eigenvalue weighted by Crippen LogP contribution is -2.45. The molecule has 1 fully saturated rings. The van der Waals surface area contributed by atoms with Gasteiger partial charge < -0.3 is 21.7 Å². The number of allylic oxidation sites excluding steroid dienone is 1. The first-order chi connectivity index (χ1) is 18.6. The molecule has 0 spiro atoms. The highest BCUT2D eigenvalue weighted by Gasteiger charge is 2.28. The molecule has 208 valence electrons. The SMILES string of the molecule is C=C(NC1CCC1)C(=O)N(CC(=O)NCc1ccc(C(=C)NCCC)cc1)C(=C(C)C)c1cc(N)ccc1C. The van der Waals surface area contributed by atoms with Gasteiger partial charge in [0.1, 0.15) is 6.54 Å². The molecule has 0 aromatic heterocycles. The maximum atomic E-state index is 13.7. The van der Waals surface area contributed by atoms with Crippen LogP contribution in [-0.4, -0.2) is 35.8 Å². The van der Waals surface area contributed by atoms with Gasteiger partial charge in [0, 0.05) is 36.1 Å². The summed E-state index contributed by atoms with van der Waals surface area (Å²) >= 11 is 0. The van der Waals surface area contributed by atoms with Gasteiger partial charge in [-0.3, -0.25) is 14.5 Å². The molecular weight excluding hydrogens is 486 g/mol. The average Bonchev–Trinajstić information content (AvgIpc) is 2.89. The number of amides is 2. The zero-order chi connectivity index (χ0) is 28.5. The summed E-state index contributed by atoms with van der Waals surface area (Å²) in [5.41, 5.74) is 13.2. The lowest BCUT2D eigenvalue weighted by atomic mass is 9.93. The zero-order valence-corrected chi connectivity index (χ0v) is 23.8. The van der Waals surface area contributed by atoms with Crippen LogP contribution in [0.3, 0.4) is 0 Å². The second kappa shape index (κ2) is 13.7. The molecule has 0 unspecified atom stereocenters. The molecule has 1 aliphatic carbocycles. The molecule has 7 nitrogen and oxygen atoms in total. The maximum absolute atomic E-state index is 13.7. The Morgan fingerprint density at radius 2 is 1.74 bits per heavy atom. The minimum absolute atomic E-state index is 0.144. The predicted molar refractivity (Wildman–Crippen MR) is 161 cm³/mol. The number of anilines is 1. The highest BCUT2D eigenvalue weighted by atomic mass is 16.2. The maximum Gasteiger partial charge on any atom is 0.274 e. The molecule has 0 heterocycles. The van der Waals surface area contributed by atoms with E-state index < -0.39 is 0 Å². The average molecular weight is 530 g/mol. The van der Waals surface area contributed by atoms with E-state index in [1.54, 1.807) is 0 Å². The first kappa shape index (κ1) is 29.6. The minimum atomic E-state index is -0.322. The van der Waals surface area contributed by atoms with Gasteiger partial charge in [-0.05, 0) is 75.3 Å². The number of rotatable bonds is 13. The van der Waals surface area contributed by atoms with Gasteiger partial charge in [0.25, 0.3) is 5.91 Å². The highest BCUT2D eigenvalue weighted by Crippen LogP contribution is 2.29. The standard InChI is InChI=1S/C32H43N5O2/c1-7-17-34-23(5)26-14-12-25(13-15-26)19-35-30(38)20-37(32(39)24(6)36-28-9-8-10-28)31(21(2)3)29-18-27(33)16-11-22(29)4/h11-16,18,28,34,36H,5-10,17,19-20,33H2,1-4H3,(H,35,38). The molecule has 1 saturated carbocycles. The van der Waals surface area contributed by atoms with Gasteiger partial charge in [-0.15, -0.1) is 0 Å². The molecule has 0 aliphatic heterocycles. The van der Waals surface area contributed by atoms with Crippen molar-refractivity contribution in [3.8, 4) is 0 Å². The fraction of sp³-hybridized carbons (Fsp3) is 0.375. The van der Waals surface area contributed by atoms with Crippen LogP contribution in [0.2, 0.25) is 0 Å². The van der Waals surface area contributed by atoms with Crippen LogP contribution in [0.15, 0.2) is 66.9 Å². The van der Waals surface area contributed by atoms with Gasteiger partial charge in [0.2, 0.25) is 5.91 Å². The Balaban J connectivity index is 1.78. The van der Waals surface area contributed by atoms with Crippen molar-refractivity contribution in [1.29, 1.82) is 0 Å². The monoisotopic (exact) mass is 529 g/mol. The van der Waals surface area contributed by atoms with E-state index in [4.69, 9.17) is 5.73 Å². The van der Waals surface area contributed by atoms with E-state index in [0.717, 1.165) is 65.8 Å².